The normalized spacial score (nSPS) is 12.9. The molecule has 0 aliphatic rings. The van der Waals surface area contributed by atoms with Crippen LogP contribution in [0.15, 0.2) is 12.3 Å². The number of nitrogens with two attached hydrogens (primary N) is 1. The van der Waals surface area contributed by atoms with Crippen molar-refractivity contribution >= 4 is 5.78 Å². The van der Waals surface area contributed by atoms with E-state index in [2.05, 4.69) is 25.9 Å². The van der Waals surface area contributed by atoms with Gasteiger partial charge in [-0.05, 0) is 25.3 Å². The standard InChI is InChI=1S/C15H27N3O/c1-4-7-8-14(16)15(19)11-12-9-10-18(17-12)13(5-2)6-3/h9-10,13-14H,4-8,11,16H2,1-3H3. The number of hydrogen-bond acceptors (Lipinski definition) is 3. The van der Waals surface area contributed by atoms with Gasteiger partial charge in [-0.3, -0.25) is 9.48 Å². The quantitative estimate of drug-likeness (QED) is 0.747. The number of Topliss-reactive ketones (excluding diaryl/α,β-unsaturated/α-hetero) is 1. The van der Waals surface area contributed by atoms with E-state index in [4.69, 9.17) is 5.73 Å². The molecule has 0 bridgehead atoms. The zero-order chi connectivity index (χ0) is 14.3. The highest BCUT2D eigenvalue weighted by molar-refractivity contribution is 5.85. The van der Waals surface area contributed by atoms with Gasteiger partial charge in [0.1, 0.15) is 0 Å². The van der Waals surface area contributed by atoms with Crippen molar-refractivity contribution < 1.29 is 4.79 Å². The summed E-state index contributed by atoms with van der Waals surface area (Å²) in [5, 5.41) is 4.50. The summed E-state index contributed by atoms with van der Waals surface area (Å²) in [7, 11) is 0. The summed E-state index contributed by atoms with van der Waals surface area (Å²) in [6, 6.07) is 2.03. The van der Waals surface area contributed by atoms with Crippen LogP contribution >= 0.6 is 0 Å². The van der Waals surface area contributed by atoms with Crippen LogP contribution in [0.1, 0.15) is 64.6 Å². The Morgan fingerprint density at radius 1 is 1.37 bits per heavy atom. The molecular weight excluding hydrogens is 238 g/mol. The van der Waals surface area contributed by atoms with Crippen LogP contribution in [0.2, 0.25) is 0 Å². The van der Waals surface area contributed by atoms with Crippen LogP contribution in [0.25, 0.3) is 0 Å². The average molecular weight is 265 g/mol. The number of carbonyl (C=O) groups excluding carboxylic acids is 1. The fourth-order valence-electron chi connectivity index (χ4n) is 2.23. The van der Waals surface area contributed by atoms with E-state index in [1.165, 1.54) is 0 Å². The summed E-state index contributed by atoms with van der Waals surface area (Å²) in [6.07, 6.45) is 7.31. The largest absolute Gasteiger partial charge is 0.321 e. The summed E-state index contributed by atoms with van der Waals surface area (Å²) >= 11 is 0. The van der Waals surface area contributed by atoms with Crippen molar-refractivity contribution in [1.29, 1.82) is 0 Å². The first kappa shape index (κ1) is 15.9. The Bertz CT molecular complexity index is 382. The lowest BCUT2D eigenvalue weighted by Crippen LogP contribution is -2.31. The molecule has 108 valence electrons. The van der Waals surface area contributed by atoms with E-state index >= 15 is 0 Å². The van der Waals surface area contributed by atoms with Gasteiger partial charge in [-0.2, -0.15) is 5.10 Å². The highest BCUT2D eigenvalue weighted by Gasteiger charge is 2.15. The minimum absolute atomic E-state index is 0.100. The topological polar surface area (TPSA) is 60.9 Å². The Kier molecular flexibility index (Phi) is 6.78. The van der Waals surface area contributed by atoms with E-state index < -0.39 is 0 Å². The highest BCUT2D eigenvalue weighted by atomic mass is 16.1. The molecule has 19 heavy (non-hydrogen) atoms. The van der Waals surface area contributed by atoms with Crippen LogP contribution in [0, 0.1) is 0 Å². The van der Waals surface area contributed by atoms with E-state index in [9.17, 15) is 4.79 Å². The van der Waals surface area contributed by atoms with E-state index in [1.54, 1.807) is 0 Å². The van der Waals surface area contributed by atoms with Crippen LogP contribution in [0.3, 0.4) is 0 Å². The Morgan fingerprint density at radius 3 is 2.63 bits per heavy atom. The van der Waals surface area contributed by atoms with E-state index in [-0.39, 0.29) is 11.8 Å². The van der Waals surface area contributed by atoms with Crippen molar-refractivity contribution in [2.24, 2.45) is 5.73 Å². The molecule has 0 saturated heterocycles. The van der Waals surface area contributed by atoms with Gasteiger partial charge in [0.2, 0.25) is 0 Å². The molecule has 0 aliphatic heterocycles. The number of carbonyl (C=O) groups is 1. The fraction of sp³-hybridized carbons (Fsp3) is 0.733. The average Bonchev–Trinajstić information content (AvgIpc) is 2.85. The molecule has 2 N–H and O–H groups in total. The maximum Gasteiger partial charge on any atom is 0.155 e. The van der Waals surface area contributed by atoms with Gasteiger partial charge in [0, 0.05) is 6.20 Å². The smallest absolute Gasteiger partial charge is 0.155 e. The van der Waals surface area contributed by atoms with Crippen LogP contribution in [0.4, 0.5) is 0 Å². The zero-order valence-corrected chi connectivity index (χ0v) is 12.4. The van der Waals surface area contributed by atoms with Crippen molar-refractivity contribution in [1.82, 2.24) is 9.78 Å². The molecule has 0 radical (unpaired) electrons. The molecule has 1 aromatic rings. The van der Waals surface area contributed by atoms with Gasteiger partial charge in [-0.15, -0.1) is 0 Å². The van der Waals surface area contributed by atoms with Gasteiger partial charge in [0.05, 0.1) is 24.2 Å². The van der Waals surface area contributed by atoms with E-state index in [0.717, 1.165) is 37.8 Å². The molecule has 0 amide bonds. The second kappa shape index (κ2) is 8.10. The number of unbranched alkanes of at least 4 members (excludes halogenated alkanes) is 1. The third kappa shape index (κ3) is 4.78. The summed E-state index contributed by atoms with van der Waals surface area (Å²) in [6.45, 7) is 6.41. The van der Waals surface area contributed by atoms with Crippen molar-refractivity contribution in [3.63, 3.8) is 0 Å². The first-order valence-electron chi connectivity index (χ1n) is 7.44. The fourth-order valence-corrected chi connectivity index (χ4v) is 2.23. The number of rotatable bonds is 9. The third-order valence-electron chi connectivity index (χ3n) is 3.62. The maximum atomic E-state index is 12.0. The summed E-state index contributed by atoms with van der Waals surface area (Å²) in [4.78, 5) is 12.0. The first-order valence-corrected chi connectivity index (χ1v) is 7.44. The molecule has 4 heteroatoms. The van der Waals surface area contributed by atoms with Crippen LogP contribution in [0.5, 0.6) is 0 Å². The number of ketones is 1. The second-order valence-electron chi connectivity index (χ2n) is 5.15. The molecule has 0 aliphatic carbocycles. The van der Waals surface area contributed by atoms with Gasteiger partial charge < -0.3 is 5.73 Å². The molecule has 0 spiro atoms. The molecule has 4 nitrogen and oxygen atoms in total. The van der Waals surface area contributed by atoms with Crippen LogP contribution in [-0.2, 0) is 11.2 Å². The maximum absolute atomic E-state index is 12.0. The molecule has 1 unspecified atom stereocenters. The highest BCUT2D eigenvalue weighted by Crippen LogP contribution is 2.15. The Balaban J connectivity index is 2.55. The van der Waals surface area contributed by atoms with Crippen molar-refractivity contribution in [2.45, 2.75) is 71.4 Å². The summed E-state index contributed by atoms with van der Waals surface area (Å²) < 4.78 is 1.97. The molecule has 1 rings (SSSR count). The van der Waals surface area contributed by atoms with Crippen molar-refractivity contribution in [2.75, 3.05) is 0 Å². The summed E-state index contributed by atoms with van der Waals surface area (Å²) in [5.74, 6) is 0.100. The van der Waals surface area contributed by atoms with Crippen molar-refractivity contribution in [3.05, 3.63) is 18.0 Å². The van der Waals surface area contributed by atoms with E-state index in [0.29, 0.717) is 12.5 Å². The second-order valence-corrected chi connectivity index (χ2v) is 5.15. The van der Waals surface area contributed by atoms with Gasteiger partial charge in [0.25, 0.3) is 0 Å². The predicted octanol–water partition coefficient (Wildman–Crippen LogP) is 2.87. The third-order valence-corrected chi connectivity index (χ3v) is 3.62. The molecular formula is C15H27N3O. The monoisotopic (exact) mass is 265 g/mol. The zero-order valence-electron chi connectivity index (χ0n) is 12.4. The minimum Gasteiger partial charge on any atom is -0.321 e. The molecule has 1 aromatic heterocycles. The SMILES string of the molecule is CCCCC(N)C(=O)Cc1ccn(C(CC)CC)n1. The Labute approximate surface area is 116 Å². The van der Waals surface area contributed by atoms with Crippen LogP contribution < -0.4 is 5.73 Å². The molecule has 1 heterocycles. The lowest BCUT2D eigenvalue weighted by molar-refractivity contribution is -0.119. The van der Waals surface area contributed by atoms with Gasteiger partial charge in [0.15, 0.2) is 5.78 Å². The van der Waals surface area contributed by atoms with Crippen molar-refractivity contribution in [3.8, 4) is 0 Å². The summed E-state index contributed by atoms with van der Waals surface area (Å²) in [5.41, 5.74) is 6.72. The first-order chi connectivity index (χ1) is 9.12. The predicted molar refractivity (Wildman–Crippen MR) is 78.1 cm³/mol. The lowest BCUT2D eigenvalue weighted by atomic mass is 10.0. The minimum atomic E-state index is -0.335. The van der Waals surface area contributed by atoms with Gasteiger partial charge in [-0.1, -0.05) is 33.6 Å². The van der Waals surface area contributed by atoms with Gasteiger partial charge in [-0.25, -0.2) is 0 Å². The van der Waals surface area contributed by atoms with E-state index in [1.807, 2.05) is 16.9 Å². The molecule has 0 saturated carbocycles. The van der Waals surface area contributed by atoms with Crippen LogP contribution in [-0.4, -0.2) is 21.6 Å². The number of nitrogens with zero attached hydrogens (tertiary/aromatic N) is 2. The van der Waals surface area contributed by atoms with Gasteiger partial charge >= 0.3 is 0 Å². The number of aromatic nitrogens is 2. The molecule has 1 atom stereocenters. The number of hydrogen-bond donors (Lipinski definition) is 1. The molecule has 0 fully saturated rings. The Hall–Kier alpha value is -1.16. The molecule has 0 aromatic carbocycles. The Morgan fingerprint density at radius 2 is 2.05 bits per heavy atom. The lowest BCUT2D eigenvalue weighted by Gasteiger charge is -2.12.